The number of allylic oxidation sites excluding steroid dienone is 3. The fourth-order valence-electron chi connectivity index (χ4n) is 3.09. The number of hydrogen-bond donors (Lipinski definition) is 0. The molecule has 128 valence electrons. The number of fused-ring (bicyclic) bond motifs is 1. The summed E-state index contributed by atoms with van der Waals surface area (Å²) in [6, 6.07) is 4.77. The van der Waals surface area contributed by atoms with E-state index in [-0.39, 0.29) is 5.75 Å². The number of ether oxygens (including phenoxy) is 1. The number of benzene rings is 1. The predicted octanol–water partition coefficient (Wildman–Crippen LogP) is 4.63. The molecule has 3 rings (SSSR count). The standard InChI is InChI=1S/C18H19F3N2O/c1-4-14-11-15-10-13(7-8-23(15)22(14)3)17-6-5-16(9-12(17)2)24-18(19,20)21/h5-11,14H,4H2,1-3H3. The number of hydrazine groups is 1. The van der Waals surface area contributed by atoms with Gasteiger partial charge in [-0.15, -0.1) is 13.2 Å². The average molecular weight is 336 g/mol. The van der Waals surface area contributed by atoms with Crippen LogP contribution in [0.3, 0.4) is 0 Å². The van der Waals surface area contributed by atoms with Crippen LogP contribution >= 0.6 is 0 Å². The van der Waals surface area contributed by atoms with Crippen LogP contribution in [-0.2, 0) is 0 Å². The molecule has 1 aromatic rings. The molecule has 0 bridgehead atoms. The van der Waals surface area contributed by atoms with Gasteiger partial charge >= 0.3 is 6.36 Å². The topological polar surface area (TPSA) is 15.7 Å². The van der Waals surface area contributed by atoms with Crippen molar-refractivity contribution in [3.63, 3.8) is 0 Å². The molecular weight excluding hydrogens is 317 g/mol. The van der Waals surface area contributed by atoms with Gasteiger partial charge in [-0.3, -0.25) is 5.01 Å². The molecule has 0 radical (unpaired) electrons. The van der Waals surface area contributed by atoms with E-state index < -0.39 is 6.36 Å². The van der Waals surface area contributed by atoms with E-state index in [2.05, 4.69) is 33.8 Å². The molecule has 2 heterocycles. The normalized spacial score (nSPS) is 20.8. The van der Waals surface area contributed by atoms with Gasteiger partial charge in [-0.25, -0.2) is 5.01 Å². The van der Waals surface area contributed by atoms with Crippen LogP contribution in [0, 0.1) is 6.92 Å². The van der Waals surface area contributed by atoms with Crippen molar-refractivity contribution in [3.05, 3.63) is 59.5 Å². The van der Waals surface area contributed by atoms with E-state index >= 15 is 0 Å². The first-order valence-electron chi connectivity index (χ1n) is 7.79. The van der Waals surface area contributed by atoms with Gasteiger partial charge in [-0.05, 0) is 60.4 Å². The van der Waals surface area contributed by atoms with Gasteiger partial charge in [0.2, 0.25) is 0 Å². The van der Waals surface area contributed by atoms with Crippen molar-refractivity contribution in [2.24, 2.45) is 0 Å². The summed E-state index contributed by atoms with van der Waals surface area (Å²) in [5.74, 6) is -0.198. The number of rotatable bonds is 3. The lowest BCUT2D eigenvalue weighted by atomic mass is 9.98. The van der Waals surface area contributed by atoms with Crippen LogP contribution < -0.4 is 4.74 Å². The Morgan fingerprint density at radius 2 is 2.00 bits per heavy atom. The summed E-state index contributed by atoms with van der Waals surface area (Å²) >= 11 is 0. The van der Waals surface area contributed by atoms with Crippen LogP contribution in [0.25, 0.3) is 5.57 Å². The lowest BCUT2D eigenvalue weighted by Crippen LogP contribution is -2.35. The molecule has 1 atom stereocenters. The van der Waals surface area contributed by atoms with Gasteiger partial charge in [0.05, 0.1) is 5.70 Å². The molecule has 0 spiro atoms. The Bertz CT molecular complexity index is 734. The summed E-state index contributed by atoms with van der Waals surface area (Å²) in [5, 5.41) is 4.24. The van der Waals surface area contributed by atoms with E-state index in [1.54, 1.807) is 13.0 Å². The number of alkyl halides is 3. The molecular formula is C18H19F3N2O. The van der Waals surface area contributed by atoms with E-state index in [9.17, 15) is 13.2 Å². The lowest BCUT2D eigenvalue weighted by Gasteiger charge is -2.30. The molecule has 2 aliphatic heterocycles. The first-order valence-corrected chi connectivity index (χ1v) is 7.79. The molecule has 0 amide bonds. The Morgan fingerprint density at radius 1 is 1.25 bits per heavy atom. The first-order chi connectivity index (χ1) is 11.3. The number of aryl methyl sites for hydroxylation is 1. The van der Waals surface area contributed by atoms with E-state index in [1.165, 1.54) is 12.1 Å². The molecule has 0 N–H and O–H groups in total. The van der Waals surface area contributed by atoms with Crippen molar-refractivity contribution >= 4 is 5.57 Å². The molecule has 0 fully saturated rings. The maximum atomic E-state index is 12.3. The monoisotopic (exact) mass is 336 g/mol. The third-order valence-electron chi connectivity index (χ3n) is 4.31. The number of hydrogen-bond acceptors (Lipinski definition) is 3. The molecule has 3 nitrogen and oxygen atoms in total. The highest BCUT2D eigenvalue weighted by atomic mass is 19.4. The van der Waals surface area contributed by atoms with Gasteiger partial charge in [0.1, 0.15) is 5.75 Å². The molecule has 1 aromatic carbocycles. The quantitative estimate of drug-likeness (QED) is 0.800. The number of halogens is 3. The fourth-order valence-corrected chi connectivity index (χ4v) is 3.09. The first kappa shape index (κ1) is 16.6. The second-order valence-corrected chi connectivity index (χ2v) is 5.93. The van der Waals surface area contributed by atoms with Gasteiger partial charge in [0, 0.05) is 19.3 Å². The SMILES string of the molecule is CCC1C=C2C=C(c3ccc(OC(F)(F)F)cc3C)C=CN2N1C. The maximum absolute atomic E-state index is 12.3. The van der Waals surface area contributed by atoms with Gasteiger partial charge in [-0.1, -0.05) is 13.0 Å². The van der Waals surface area contributed by atoms with Gasteiger partial charge in [0.15, 0.2) is 0 Å². The zero-order chi connectivity index (χ0) is 17.5. The Balaban J connectivity index is 1.88. The van der Waals surface area contributed by atoms with Crippen molar-refractivity contribution in [2.75, 3.05) is 7.05 Å². The van der Waals surface area contributed by atoms with Crippen molar-refractivity contribution < 1.29 is 17.9 Å². The van der Waals surface area contributed by atoms with Gasteiger partial charge < -0.3 is 4.74 Å². The lowest BCUT2D eigenvalue weighted by molar-refractivity contribution is -0.274. The van der Waals surface area contributed by atoms with Crippen molar-refractivity contribution in [3.8, 4) is 5.75 Å². The number of likely N-dealkylation sites (N-methyl/N-ethyl adjacent to an activating group) is 1. The molecule has 6 heteroatoms. The van der Waals surface area contributed by atoms with Crippen LogP contribution in [-0.4, -0.2) is 29.5 Å². The zero-order valence-corrected chi connectivity index (χ0v) is 13.8. The van der Waals surface area contributed by atoms with Gasteiger partial charge in [0.25, 0.3) is 0 Å². The minimum atomic E-state index is -4.67. The van der Waals surface area contributed by atoms with Crippen molar-refractivity contribution in [1.29, 1.82) is 0 Å². The minimum absolute atomic E-state index is 0.198. The smallest absolute Gasteiger partial charge is 0.406 e. The van der Waals surface area contributed by atoms with Crippen LogP contribution in [0.2, 0.25) is 0 Å². The highest BCUT2D eigenvalue weighted by molar-refractivity contribution is 5.79. The van der Waals surface area contributed by atoms with Crippen molar-refractivity contribution in [1.82, 2.24) is 10.0 Å². The third kappa shape index (κ3) is 3.19. The molecule has 0 saturated carbocycles. The van der Waals surface area contributed by atoms with Crippen molar-refractivity contribution in [2.45, 2.75) is 32.7 Å². The van der Waals surface area contributed by atoms with E-state index in [0.29, 0.717) is 6.04 Å². The summed E-state index contributed by atoms with van der Waals surface area (Å²) in [4.78, 5) is 0. The van der Waals surface area contributed by atoms with Crippen LogP contribution in [0.15, 0.2) is 48.3 Å². The van der Waals surface area contributed by atoms with E-state index in [4.69, 9.17) is 0 Å². The van der Waals surface area contributed by atoms with Crippen LogP contribution in [0.5, 0.6) is 5.75 Å². The Morgan fingerprint density at radius 3 is 2.62 bits per heavy atom. The second-order valence-electron chi connectivity index (χ2n) is 5.93. The summed E-state index contributed by atoms with van der Waals surface area (Å²) in [6.45, 7) is 3.91. The van der Waals surface area contributed by atoms with E-state index in [1.807, 2.05) is 19.3 Å². The zero-order valence-electron chi connectivity index (χ0n) is 13.8. The number of nitrogens with zero attached hydrogens (tertiary/aromatic N) is 2. The molecule has 2 aliphatic rings. The second kappa shape index (κ2) is 6.02. The minimum Gasteiger partial charge on any atom is -0.406 e. The highest BCUT2D eigenvalue weighted by Crippen LogP contribution is 2.34. The Labute approximate surface area is 139 Å². The molecule has 24 heavy (non-hydrogen) atoms. The van der Waals surface area contributed by atoms with Crippen LogP contribution in [0.1, 0.15) is 24.5 Å². The molecule has 0 saturated heterocycles. The molecule has 0 aromatic heterocycles. The fraction of sp³-hybridized carbons (Fsp3) is 0.333. The van der Waals surface area contributed by atoms with Crippen LogP contribution in [0.4, 0.5) is 13.2 Å². The summed E-state index contributed by atoms with van der Waals surface area (Å²) in [6.07, 6.45) is 4.54. The Hall–Kier alpha value is -2.21. The third-order valence-corrected chi connectivity index (χ3v) is 4.31. The summed E-state index contributed by atoms with van der Waals surface area (Å²) in [5.41, 5.74) is 3.68. The maximum Gasteiger partial charge on any atom is 0.573 e. The summed E-state index contributed by atoms with van der Waals surface area (Å²) in [7, 11) is 2.04. The largest absolute Gasteiger partial charge is 0.573 e. The Kier molecular flexibility index (Phi) is 4.17. The molecule has 0 aliphatic carbocycles. The summed E-state index contributed by atoms with van der Waals surface area (Å²) < 4.78 is 40.9. The highest BCUT2D eigenvalue weighted by Gasteiger charge is 2.31. The average Bonchev–Trinajstić information content (AvgIpc) is 2.81. The van der Waals surface area contributed by atoms with E-state index in [0.717, 1.165) is 28.8 Å². The molecule has 1 unspecified atom stereocenters. The predicted molar refractivity (Wildman–Crippen MR) is 86.7 cm³/mol. The van der Waals surface area contributed by atoms with Gasteiger partial charge in [-0.2, -0.15) is 0 Å².